The number of rotatable bonds is 1. The van der Waals surface area contributed by atoms with Crippen molar-refractivity contribution in [1.82, 2.24) is 15.3 Å². The summed E-state index contributed by atoms with van der Waals surface area (Å²) in [7, 11) is 0. The van der Waals surface area contributed by atoms with E-state index in [1.54, 1.807) is 12.3 Å². The number of hydrogen-bond donors (Lipinski definition) is 2. The molecule has 0 aromatic carbocycles. The van der Waals surface area contributed by atoms with Crippen LogP contribution in [0.2, 0.25) is 0 Å². The smallest absolute Gasteiger partial charge is 0.227 e. The molecule has 3 N–H and O–H groups in total. The van der Waals surface area contributed by atoms with Crippen LogP contribution < -0.4 is 16.0 Å². The number of fused-ring (bicyclic) bond motifs is 1. The molecule has 2 fully saturated rings. The minimum atomic E-state index is 0.185. The fourth-order valence-corrected chi connectivity index (χ4v) is 2.81. The number of carbonyl (C=O) groups excluding carboxylic acids is 1. The molecule has 2 saturated heterocycles. The second kappa shape index (κ2) is 4.44. The Hall–Kier alpha value is -1.85. The van der Waals surface area contributed by atoms with E-state index in [9.17, 15) is 4.79 Å². The minimum Gasteiger partial charge on any atom is -0.384 e. The van der Waals surface area contributed by atoms with Crippen LogP contribution in [-0.4, -0.2) is 35.0 Å². The zero-order valence-corrected chi connectivity index (χ0v) is 10.2. The molecule has 0 spiro atoms. The standard InChI is InChI=1S/C12H17N5O/c13-10-3-5-14-12(16-10)17-6-4-9-8(7-17)1-2-11(18)15-9/h3,5,8-9H,1-2,4,6-7H2,(H,15,18)(H2,13,14,16). The first-order valence-corrected chi connectivity index (χ1v) is 6.35. The number of nitrogens with zero attached hydrogens (tertiary/aromatic N) is 3. The summed E-state index contributed by atoms with van der Waals surface area (Å²) in [5, 5.41) is 3.07. The lowest BCUT2D eigenvalue weighted by Gasteiger charge is -2.41. The molecule has 3 rings (SSSR count). The van der Waals surface area contributed by atoms with Crippen LogP contribution in [0.4, 0.5) is 11.8 Å². The number of hydrogen-bond acceptors (Lipinski definition) is 5. The average Bonchev–Trinajstić information content (AvgIpc) is 2.38. The van der Waals surface area contributed by atoms with Gasteiger partial charge in [0, 0.05) is 31.7 Å². The Labute approximate surface area is 106 Å². The van der Waals surface area contributed by atoms with Gasteiger partial charge in [-0.05, 0) is 24.8 Å². The van der Waals surface area contributed by atoms with Crippen molar-refractivity contribution in [3.8, 4) is 0 Å². The van der Waals surface area contributed by atoms with Gasteiger partial charge in [-0.3, -0.25) is 4.79 Å². The highest BCUT2D eigenvalue weighted by molar-refractivity contribution is 5.77. The van der Waals surface area contributed by atoms with Crippen LogP contribution in [0.3, 0.4) is 0 Å². The van der Waals surface area contributed by atoms with Crippen molar-refractivity contribution >= 4 is 17.7 Å². The van der Waals surface area contributed by atoms with Gasteiger partial charge < -0.3 is 16.0 Å². The Bertz CT molecular complexity index is 464. The van der Waals surface area contributed by atoms with Crippen LogP contribution in [0.25, 0.3) is 0 Å². The van der Waals surface area contributed by atoms with E-state index in [0.29, 0.717) is 30.1 Å². The minimum absolute atomic E-state index is 0.185. The van der Waals surface area contributed by atoms with Crippen molar-refractivity contribution in [2.45, 2.75) is 25.3 Å². The van der Waals surface area contributed by atoms with E-state index in [0.717, 1.165) is 25.9 Å². The summed E-state index contributed by atoms with van der Waals surface area (Å²) >= 11 is 0. The van der Waals surface area contributed by atoms with Crippen LogP contribution in [0.15, 0.2) is 12.3 Å². The Morgan fingerprint density at radius 1 is 1.44 bits per heavy atom. The van der Waals surface area contributed by atoms with Gasteiger partial charge >= 0.3 is 0 Å². The van der Waals surface area contributed by atoms with E-state index < -0.39 is 0 Å². The number of piperidine rings is 2. The van der Waals surface area contributed by atoms with Crippen LogP contribution in [-0.2, 0) is 4.79 Å². The fourth-order valence-electron chi connectivity index (χ4n) is 2.81. The molecule has 1 amide bonds. The van der Waals surface area contributed by atoms with E-state index in [1.165, 1.54) is 0 Å². The third kappa shape index (κ3) is 2.10. The fraction of sp³-hybridized carbons (Fsp3) is 0.583. The predicted octanol–water partition coefficient (Wildman–Crippen LogP) is 0.164. The maximum absolute atomic E-state index is 11.3. The van der Waals surface area contributed by atoms with E-state index in [1.807, 2.05) is 0 Å². The topological polar surface area (TPSA) is 84.1 Å². The van der Waals surface area contributed by atoms with Gasteiger partial charge in [0.25, 0.3) is 0 Å². The summed E-state index contributed by atoms with van der Waals surface area (Å²) in [5.41, 5.74) is 5.68. The van der Waals surface area contributed by atoms with Gasteiger partial charge in [-0.25, -0.2) is 4.98 Å². The zero-order chi connectivity index (χ0) is 12.5. The highest BCUT2D eigenvalue weighted by atomic mass is 16.1. The Morgan fingerprint density at radius 3 is 3.17 bits per heavy atom. The van der Waals surface area contributed by atoms with Gasteiger partial charge in [0.15, 0.2) is 0 Å². The summed E-state index contributed by atoms with van der Waals surface area (Å²) in [6, 6.07) is 2.01. The molecule has 3 heterocycles. The summed E-state index contributed by atoms with van der Waals surface area (Å²) in [5.74, 6) is 1.89. The Morgan fingerprint density at radius 2 is 2.33 bits per heavy atom. The second-order valence-corrected chi connectivity index (χ2v) is 4.99. The normalized spacial score (nSPS) is 27.6. The zero-order valence-electron chi connectivity index (χ0n) is 10.2. The number of amides is 1. The SMILES string of the molecule is Nc1ccnc(N2CCC3NC(=O)CCC3C2)n1. The number of nitrogens with two attached hydrogens (primary N) is 1. The molecule has 6 heteroatoms. The molecule has 2 unspecified atom stereocenters. The first-order chi connectivity index (χ1) is 8.72. The van der Waals surface area contributed by atoms with Crippen LogP contribution in [0, 0.1) is 5.92 Å². The molecule has 96 valence electrons. The van der Waals surface area contributed by atoms with Crippen molar-refractivity contribution in [2.24, 2.45) is 5.92 Å². The van der Waals surface area contributed by atoms with Crippen LogP contribution in [0.5, 0.6) is 0 Å². The van der Waals surface area contributed by atoms with Crippen molar-refractivity contribution in [3.05, 3.63) is 12.3 Å². The molecule has 6 nitrogen and oxygen atoms in total. The molecule has 1 aromatic rings. The summed E-state index contributed by atoms with van der Waals surface area (Å²) < 4.78 is 0. The highest BCUT2D eigenvalue weighted by Crippen LogP contribution is 2.27. The largest absolute Gasteiger partial charge is 0.384 e. The lowest BCUT2D eigenvalue weighted by molar-refractivity contribution is -0.124. The molecule has 2 aliphatic heterocycles. The lowest BCUT2D eigenvalue weighted by atomic mass is 9.85. The first-order valence-electron chi connectivity index (χ1n) is 6.35. The van der Waals surface area contributed by atoms with Crippen molar-refractivity contribution in [2.75, 3.05) is 23.7 Å². The monoisotopic (exact) mass is 247 g/mol. The molecule has 0 bridgehead atoms. The van der Waals surface area contributed by atoms with E-state index in [2.05, 4.69) is 20.2 Å². The van der Waals surface area contributed by atoms with Gasteiger partial charge in [-0.2, -0.15) is 4.98 Å². The summed E-state index contributed by atoms with van der Waals surface area (Å²) in [6.07, 6.45) is 4.23. The third-order valence-corrected chi connectivity index (χ3v) is 3.77. The van der Waals surface area contributed by atoms with Gasteiger partial charge in [-0.1, -0.05) is 0 Å². The molecular weight excluding hydrogens is 230 g/mol. The van der Waals surface area contributed by atoms with Crippen molar-refractivity contribution in [3.63, 3.8) is 0 Å². The molecule has 2 aliphatic rings. The average molecular weight is 247 g/mol. The van der Waals surface area contributed by atoms with Crippen molar-refractivity contribution < 1.29 is 4.79 Å². The highest BCUT2D eigenvalue weighted by Gasteiger charge is 2.34. The number of anilines is 2. The number of nitrogens with one attached hydrogen (secondary N) is 1. The molecule has 0 aliphatic carbocycles. The van der Waals surface area contributed by atoms with Gasteiger partial charge in [-0.15, -0.1) is 0 Å². The molecule has 0 saturated carbocycles. The van der Waals surface area contributed by atoms with Crippen LogP contribution in [0.1, 0.15) is 19.3 Å². The Balaban J connectivity index is 1.72. The Kier molecular flexibility index (Phi) is 2.77. The quantitative estimate of drug-likeness (QED) is 0.738. The van der Waals surface area contributed by atoms with Crippen molar-refractivity contribution in [1.29, 1.82) is 0 Å². The summed E-state index contributed by atoms with van der Waals surface area (Å²) in [4.78, 5) is 22.0. The van der Waals surface area contributed by atoms with Gasteiger partial charge in [0.05, 0.1) is 0 Å². The van der Waals surface area contributed by atoms with Crippen LogP contribution >= 0.6 is 0 Å². The molecule has 0 radical (unpaired) electrons. The predicted molar refractivity (Wildman–Crippen MR) is 67.9 cm³/mol. The maximum atomic E-state index is 11.3. The molecule has 1 aromatic heterocycles. The second-order valence-electron chi connectivity index (χ2n) is 4.99. The number of aromatic nitrogens is 2. The molecule has 2 atom stereocenters. The van der Waals surface area contributed by atoms with E-state index in [4.69, 9.17) is 5.73 Å². The molecule has 18 heavy (non-hydrogen) atoms. The number of nitrogen functional groups attached to an aromatic ring is 1. The maximum Gasteiger partial charge on any atom is 0.227 e. The van der Waals surface area contributed by atoms with E-state index >= 15 is 0 Å². The van der Waals surface area contributed by atoms with Gasteiger partial charge in [0.1, 0.15) is 5.82 Å². The summed E-state index contributed by atoms with van der Waals surface area (Å²) in [6.45, 7) is 1.76. The number of carbonyl (C=O) groups is 1. The molecular formula is C12H17N5O. The van der Waals surface area contributed by atoms with E-state index in [-0.39, 0.29) is 5.91 Å². The van der Waals surface area contributed by atoms with Gasteiger partial charge in [0.2, 0.25) is 11.9 Å². The third-order valence-electron chi connectivity index (χ3n) is 3.77. The lowest BCUT2D eigenvalue weighted by Crippen LogP contribution is -2.54. The first kappa shape index (κ1) is 11.3.